The number of likely N-dealkylation sites (tertiary alicyclic amines) is 1. The van der Waals surface area contributed by atoms with Gasteiger partial charge in [-0.3, -0.25) is 0 Å². The van der Waals surface area contributed by atoms with Gasteiger partial charge < -0.3 is 16.0 Å². The summed E-state index contributed by atoms with van der Waals surface area (Å²) < 4.78 is 13.7. The molecule has 2 saturated carbocycles. The van der Waals surface area contributed by atoms with E-state index in [0.717, 1.165) is 37.0 Å². The second-order valence-electron chi connectivity index (χ2n) is 8.55. The lowest BCUT2D eigenvalue weighted by Gasteiger charge is -2.46. The predicted molar refractivity (Wildman–Crippen MR) is 109 cm³/mol. The van der Waals surface area contributed by atoms with Crippen molar-refractivity contribution in [3.63, 3.8) is 0 Å². The summed E-state index contributed by atoms with van der Waals surface area (Å²) in [6.07, 6.45) is 12.3. The van der Waals surface area contributed by atoms with Crippen LogP contribution in [0.5, 0.6) is 0 Å². The van der Waals surface area contributed by atoms with Crippen molar-refractivity contribution in [3.05, 3.63) is 30.1 Å². The first kappa shape index (κ1) is 18.7. The fourth-order valence-electron chi connectivity index (χ4n) is 5.22. The lowest BCUT2D eigenvalue weighted by Crippen LogP contribution is -2.52. The second-order valence-corrected chi connectivity index (χ2v) is 8.55. The number of halogens is 1. The second kappa shape index (κ2) is 8.59. The molecule has 1 saturated heterocycles. The highest BCUT2D eigenvalue weighted by molar-refractivity contribution is 5.94. The number of anilines is 1. The SMILES string of the molecule is N[C@H]1CCCC[C@@H]1N=C(Nc1cccc(F)c1)N1CCCC2CCCCC21. The fraction of sp³-hybridized carbons (Fsp3) is 0.682. The van der Waals surface area contributed by atoms with Crippen LogP contribution in [0.15, 0.2) is 29.3 Å². The number of hydrogen-bond donors (Lipinski definition) is 2. The molecule has 1 aliphatic heterocycles. The quantitative estimate of drug-likeness (QED) is 0.593. The van der Waals surface area contributed by atoms with Crippen molar-refractivity contribution < 1.29 is 4.39 Å². The zero-order chi connectivity index (χ0) is 18.6. The zero-order valence-corrected chi connectivity index (χ0v) is 16.2. The highest BCUT2D eigenvalue weighted by Crippen LogP contribution is 2.36. The monoisotopic (exact) mass is 372 g/mol. The van der Waals surface area contributed by atoms with Crippen LogP contribution in [-0.2, 0) is 0 Å². The van der Waals surface area contributed by atoms with E-state index in [1.807, 2.05) is 6.07 Å². The number of hydrogen-bond acceptors (Lipinski definition) is 2. The van der Waals surface area contributed by atoms with Gasteiger partial charge in [-0.05, 0) is 62.6 Å². The van der Waals surface area contributed by atoms with Gasteiger partial charge in [0.2, 0.25) is 0 Å². The van der Waals surface area contributed by atoms with Crippen LogP contribution in [0, 0.1) is 11.7 Å². The standard InChI is InChI=1S/C22H33FN4/c23-17-9-5-10-18(15-17)25-22(26-20-12-3-2-11-19(20)24)27-14-6-8-16-7-1-4-13-21(16)27/h5,9-10,15-16,19-21H,1-4,6-8,11-14,24H2,(H,25,26)/t16?,19-,20-,21?/m0/s1. The molecule has 3 N–H and O–H groups in total. The Morgan fingerprint density at radius 3 is 2.67 bits per heavy atom. The van der Waals surface area contributed by atoms with E-state index < -0.39 is 0 Å². The zero-order valence-electron chi connectivity index (χ0n) is 16.2. The summed E-state index contributed by atoms with van der Waals surface area (Å²) in [6.45, 7) is 1.03. The van der Waals surface area contributed by atoms with Gasteiger partial charge in [-0.25, -0.2) is 9.38 Å². The topological polar surface area (TPSA) is 53.6 Å². The minimum absolute atomic E-state index is 0.134. The molecule has 1 aromatic rings. The van der Waals surface area contributed by atoms with E-state index in [1.165, 1.54) is 57.4 Å². The molecule has 1 aromatic carbocycles. The molecular weight excluding hydrogens is 339 g/mol. The van der Waals surface area contributed by atoms with Crippen molar-refractivity contribution in [2.24, 2.45) is 16.6 Å². The Hall–Kier alpha value is -1.62. The lowest BCUT2D eigenvalue weighted by atomic mass is 9.78. The fourth-order valence-corrected chi connectivity index (χ4v) is 5.22. The Kier molecular flexibility index (Phi) is 5.96. The molecule has 4 nitrogen and oxygen atoms in total. The molecule has 2 aliphatic carbocycles. The number of rotatable bonds is 2. The largest absolute Gasteiger partial charge is 0.339 e. The first-order valence-corrected chi connectivity index (χ1v) is 10.8. The molecule has 27 heavy (non-hydrogen) atoms. The van der Waals surface area contributed by atoms with Crippen LogP contribution in [0.3, 0.4) is 0 Å². The van der Waals surface area contributed by atoms with E-state index in [9.17, 15) is 4.39 Å². The summed E-state index contributed by atoms with van der Waals surface area (Å²) in [4.78, 5) is 7.63. The van der Waals surface area contributed by atoms with Gasteiger partial charge in [0.25, 0.3) is 0 Å². The van der Waals surface area contributed by atoms with Crippen LogP contribution >= 0.6 is 0 Å². The van der Waals surface area contributed by atoms with Crippen LogP contribution in [0.4, 0.5) is 10.1 Å². The molecule has 0 amide bonds. The number of fused-ring (bicyclic) bond motifs is 1. The van der Waals surface area contributed by atoms with E-state index >= 15 is 0 Å². The summed E-state index contributed by atoms with van der Waals surface area (Å²) in [5.41, 5.74) is 7.17. The smallest absolute Gasteiger partial charge is 0.199 e. The van der Waals surface area contributed by atoms with E-state index in [1.54, 1.807) is 12.1 Å². The first-order chi connectivity index (χ1) is 13.2. The van der Waals surface area contributed by atoms with Gasteiger partial charge in [-0.2, -0.15) is 0 Å². The van der Waals surface area contributed by atoms with Crippen molar-refractivity contribution in [1.29, 1.82) is 0 Å². The van der Waals surface area contributed by atoms with Crippen LogP contribution in [0.1, 0.15) is 64.2 Å². The van der Waals surface area contributed by atoms with Crippen molar-refractivity contribution in [2.75, 3.05) is 11.9 Å². The van der Waals surface area contributed by atoms with E-state index in [4.69, 9.17) is 10.7 Å². The molecule has 1 heterocycles. The molecule has 0 bridgehead atoms. The molecule has 0 radical (unpaired) electrons. The molecule has 4 rings (SSSR count). The molecule has 2 unspecified atom stereocenters. The van der Waals surface area contributed by atoms with E-state index in [0.29, 0.717) is 6.04 Å². The Bertz CT molecular complexity index is 659. The minimum atomic E-state index is -0.220. The number of nitrogens with two attached hydrogens (primary N) is 1. The lowest BCUT2D eigenvalue weighted by molar-refractivity contribution is 0.118. The summed E-state index contributed by atoms with van der Waals surface area (Å²) in [7, 11) is 0. The third-order valence-electron chi connectivity index (χ3n) is 6.67. The maximum Gasteiger partial charge on any atom is 0.199 e. The maximum absolute atomic E-state index is 13.7. The van der Waals surface area contributed by atoms with Crippen molar-refractivity contribution in [2.45, 2.75) is 82.3 Å². The average Bonchev–Trinajstić information content (AvgIpc) is 2.69. The van der Waals surface area contributed by atoms with Gasteiger partial charge >= 0.3 is 0 Å². The van der Waals surface area contributed by atoms with Gasteiger partial charge in [0, 0.05) is 24.3 Å². The third kappa shape index (κ3) is 4.45. The molecule has 4 atom stereocenters. The van der Waals surface area contributed by atoms with Crippen molar-refractivity contribution >= 4 is 11.6 Å². The highest BCUT2D eigenvalue weighted by Gasteiger charge is 2.35. The van der Waals surface area contributed by atoms with Crippen LogP contribution in [0.2, 0.25) is 0 Å². The van der Waals surface area contributed by atoms with Crippen molar-refractivity contribution in [1.82, 2.24) is 4.90 Å². The Labute approximate surface area is 162 Å². The number of benzene rings is 1. The number of nitrogens with zero attached hydrogens (tertiary/aromatic N) is 2. The maximum atomic E-state index is 13.7. The van der Waals surface area contributed by atoms with Crippen LogP contribution in [-0.4, -0.2) is 35.5 Å². The van der Waals surface area contributed by atoms with Crippen LogP contribution in [0.25, 0.3) is 0 Å². The van der Waals surface area contributed by atoms with Crippen molar-refractivity contribution in [3.8, 4) is 0 Å². The molecule has 3 fully saturated rings. The number of piperidine rings is 1. The predicted octanol–water partition coefficient (Wildman–Crippen LogP) is 4.52. The third-order valence-corrected chi connectivity index (χ3v) is 6.67. The van der Waals surface area contributed by atoms with Gasteiger partial charge in [0.05, 0.1) is 6.04 Å². The first-order valence-electron chi connectivity index (χ1n) is 10.8. The van der Waals surface area contributed by atoms with Gasteiger partial charge in [0.15, 0.2) is 5.96 Å². The number of nitrogens with one attached hydrogen (secondary N) is 1. The Balaban J connectivity index is 1.62. The van der Waals surface area contributed by atoms with E-state index in [2.05, 4.69) is 10.2 Å². The molecular formula is C22H33FN4. The molecule has 0 spiro atoms. The summed E-state index contributed by atoms with van der Waals surface area (Å²) in [5.74, 6) is 1.47. The highest BCUT2D eigenvalue weighted by atomic mass is 19.1. The summed E-state index contributed by atoms with van der Waals surface area (Å²) in [5, 5.41) is 3.47. The van der Waals surface area contributed by atoms with Crippen LogP contribution < -0.4 is 11.1 Å². The molecule has 148 valence electrons. The van der Waals surface area contributed by atoms with Gasteiger partial charge in [-0.15, -0.1) is 0 Å². The summed E-state index contributed by atoms with van der Waals surface area (Å²) in [6, 6.07) is 7.57. The molecule has 5 heteroatoms. The minimum Gasteiger partial charge on any atom is -0.339 e. The number of aliphatic imine (C=N–C) groups is 1. The Morgan fingerprint density at radius 1 is 1.04 bits per heavy atom. The molecule has 0 aromatic heterocycles. The van der Waals surface area contributed by atoms with E-state index in [-0.39, 0.29) is 17.9 Å². The Morgan fingerprint density at radius 2 is 1.81 bits per heavy atom. The average molecular weight is 373 g/mol. The molecule has 3 aliphatic rings. The van der Waals surface area contributed by atoms with Gasteiger partial charge in [-0.1, -0.05) is 31.7 Å². The normalized spacial score (nSPS) is 32.1. The number of guanidine groups is 1. The summed E-state index contributed by atoms with van der Waals surface area (Å²) >= 11 is 0. The van der Waals surface area contributed by atoms with Gasteiger partial charge in [0.1, 0.15) is 5.82 Å².